The van der Waals surface area contributed by atoms with Gasteiger partial charge in [0.2, 0.25) is 0 Å². The molecule has 0 heterocycles. The van der Waals surface area contributed by atoms with E-state index in [1.54, 1.807) is 6.08 Å². The van der Waals surface area contributed by atoms with Crippen LogP contribution in [0.1, 0.15) is 11.6 Å². The second-order valence-corrected chi connectivity index (χ2v) is 3.66. The topological polar surface area (TPSA) is 49.9 Å². The predicted molar refractivity (Wildman–Crippen MR) is 62.9 cm³/mol. The zero-order valence-electron chi connectivity index (χ0n) is 8.43. The summed E-state index contributed by atoms with van der Waals surface area (Å²) in [6.45, 7) is 0. The van der Waals surface area contributed by atoms with E-state index in [0.29, 0.717) is 5.71 Å². The standard InChI is InChI=1S/C13H14N2/c14-12-9-5-4-8-11(12)13(15)10-6-2-1-3-7-10/h1-9,11,13-14H,15H2. The number of benzene rings is 1. The first kappa shape index (κ1) is 9.87. The van der Waals surface area contributed by atoms with Crippen LogP contribution in [0.5, 0.6) is 0 Å². The van der Waals surface area contributed by atoms with Gasteiger partial charge in [-0.3, -0.25) is 0 Å². The summed E-state index contributed by atoms with van der Waals surface area (Å²) in [7, 11) is 0. The molecular weight excluding hydrogens is 184 g/mol. The van der Waals surface area contributed by atoms with E-state index in [1.807, 2.05) is 48.6 Å². The molecule has 2 heteroatoms. The molecule has 0 spiro atoms. The Morgan fingerprint density at radius 3 is 2.53 bits per heavy atom. The SMILES string of the molecule is N=C1C=CC=CC1C(N)c1ccccc1. The van der Waals surface area contributed by atoms with Crippen molar-refractivity contribution < 1.29 is 0 Å². The third-order valence-electron chi connectivity index (χ3n) is 2.64. The first-order valence-corrected chi connectivity index (χ1v) is 5.03. The molecule has 3 N–H and O–H groups in total. The molecule has 1 aromatic carbocycles. The molecule has 0 radical (unpaired) electrons. The highest BCUT2D eigenvalue weighted by Crippen LogP contribution is 2.23. The van der Waals surface area contributed by atoms with Crippen LogP contribution >= 0.6 is 0 Å². The van der Waals surface area contributed by atoms with Crippen LogP contribution in [0.4, 0.5) is 0 Å². The lowest BCUT2D eigenvalue weighted by Gasteiger charge is -2.22. The van der Waals surface area contributed by atoms with Crippen LogP contribution < -0.4 is 5.73 Å². The molecule has 0 aliphatic heterocycles. The van der Waals surface area contributed by atoms with E-state index in [0.717, 1.165) is 5.56 Å². The highest BCUT2D eigenvalue weighted by molar-refractivity contribution is 5.97. The molecule has 76 valence electrons. The fraction of sp³-hybridized carbons (Fsp3) is 0.154. The van der Waals surface area contributed by atoms with Gasteiger partial charge in [0.1, 0.15) is 0 Å². The number of nitrogens with one attached hydrogen (secondary N) is 1. The van der Waals surface area contributed by atoms with E-state index in [2.05, 4.69) is 0 Å². The Bertz CT molecular complexity index is 404. The largest absolute Gasteiger partial charge is 0.323 e. The smallest absolute Gasteiger partial charge is 0.0414 e. The number of rotatable bonds is 2. The number of allylic oxidation sites excluding steroid dienone is 3. The zero-order chi connectivity index (χ0) is 10.7. The second kappa shape index (κ2) is 4.24. The Morgan fingerprint density at radius 2 is 1.87 bits per heavy atom. The Balaban J connectivity index is 2.22. The molecule has 1 aliphatic rings. The summed E-state index contributed by atoms with van der Waals surface area (Å²) >= 11 is 0. The third-order valence-corrected chi connectivity index (χ3v) is 2.64. The molecule has 0 amide bonds. The lowest BCUT2D eigenvalue weighted by atomic mass is 9.87. The van der Waals surface area contributed by atoms with Crippen LogP contribution in [0.3, 0.4) is 0 Å². The van der Waals surface area contributed by atoms with E-state index in [9.17, 15) is 0 Å². The van der Waals surface area contributed by atoms with Gasteiger partial charge in [-0.05, 0) is 11.6 Å². The van der Waals surface area contributed by atoms with Crippen LogP contribution in [-0.4, -0.2) is 5.71 Å². The van der Waals surface area contributed by atoms with Crippen LogP contribution in [0.15, 0.2) is 54.6 Å². The highest BCUT2D eigenvalue weighted by atomic mass is 14.7. The van der Waals surface area contributed by atoms with Gasteiger partial charge < -0.3 is 11.1 Å². The number of nitrogens with two attached hydrogens (primary N) is 1. The van der Waals surface area contributed by atoms with Gasteiger partial charge in [0.15, 0.2) is 0 Å². The van der Waals surface area contributed by atoms with Crippen molar-refractivity contribution in [3.8, 4) is 0 Å². The summed E-state index contributed by atoms with van der Waals surface area (Å²) in [6, 6.07) is 9.80. The number of hydrogen-bond donors (Lipinski definition) is 2. The molecule has 2 rings (SSSR count). The molecule has 1 aromatic rings. The van der Waals surface area contributed by atoms with E-state index in [4.69, 9.17) is 11.1 Å². The van der Waals surface area contributed by atoms with Gasteiger partial charge in [0.05, 0.1) is 0 Å². The molecule has 2 unspecified atom stereocenters. The van der Waals surface area contributed by atoms with Crippen molar-refractivity contribution >= 4 is 5.71 Å². The van der Waals surface area contributed by atoms with Crippen LogP contribution in [0.25, 0.3) is 0 Å². The summed E-state index contributed by atoms with van der Waals surface area (Å²) in [5.74, 6) is -0.00241. The van der Waals surface area contributed by atoms with Gasteiger partial charge in [0.25, 0.3) is 0 Å². The highest BCUT2D eigenvalue weighted by Gasteiger charge is 2.20. The summed E-state index contributed by atoms with van der Waals surface area (Å²) in [5.41, 5.74) is 7.79. The molecule has 0 saturated heterocycles. The van der Waals surface area contributed by atoms with Crippen molar-refractivity contribution in [2.75, 3.05) is 0 Å². The maximum absolute atomic E-state index is 7.81. The summed E-state index contributed by atoms with van der Waals surface area (Å²) in [6.07, 6.45) is 7.61. The van der Waals surface area contributed by atoms with Crippen molar-refractivity contribution in [3.63, 3.8) is 0 Å². The fourth-order valence-electron chi connectivity index (χ4n) is 1.75. The second-order valence-electron chi connectivity index (χ2n) is 3.66. The fourth-order valence-corrected chi connectivity index (χ4v) is 1.75. The molecule has 0 fully saturated rings. The van der Waals surface area contributed by atoms with Gasteiger partial charge >= 0.3 is 0 Å². The lowest BCUT2D eigenvalue weighted by Crippen LogP contribution is -2.26. The predicted octanol–water partition coefficient (Wildman–Crippen LogP) is 2.45. The van der Waals surface area contributed by atoms with E-state index in [-0.39, 0.29) is 12.0 Å². The van der Waals surface area contributed by atoms with Crippen molar-refractivity contribution in [2.45, 2.75) is 6.04 Å². The van der Waals surface area contributed by atoms with Crippen LogP contribution in [0.2, 0.25) is 0 Å². The molecule has 0 saturated carbocycles. The Kier molecular flexibility index (Phi) is 2.79. The molecule has 1 aliphatic carbocycles. The zero-order valence-corrected chi connectivity index (χ0v) is 8.43. The first-order chi connectivity index (χ1) is 7.29. The Labute approximate surface area is 89.6 Å². The van der Waals surface area contributed by atoms with Gasteiger partial charge in [-0.1, -0.05) is 48.6 Å². The van der Waals surface area contributed by atoms with Crippen molar-refractivity contribution in [1.29, 1.82) is 5.41 Å². The van der Waals surface area contributed by atoms with E-state index >= 15 is 0 Å². The van der Waals surface area contributed by atoms with E-state index in [1.165, 1.54) is 0 Å². The van der Waals surface area contributed by atoms with Gasteiger partial charge in [-0.2, -0.15) is 0 Å². The molecule has 0 aromatic heterocycles. The molecule has 15 heavy (non-hydrogen) atoms. The maximum Gasteiger partial charge on any atom is 0.0414 e. The molecule has 2 nitrogen and oxygen atoms in total. The molecule has 2 atom stereocenters. The van der Waals surface area contributed by atoms with Gasteiger partial charge in [-0.15, -0.1) is 0 Å². The normalized spacial score (nSPS) is 21.7. The third kappa shape index (κ3) is 2.05. The average Bonchev–Trinajstić information content (AvgIpc) is 2.30. The van der Waals surface area contributed by atoms with Gasteiger partial charge in [0, 0.05) is 17.7 Å². The van der Waals surface area contributed by atoms with Crippen molar-refractivity contribution in [2.24, 2.45) is 11.7 Å². The van der Waals surface area contributed by atoms with Crippen molar-refractivity contribution in [1.82, 2.24) is 0 Å². The van der Waals surface area contributed by atoms with Crippen molar-refractivity contribution in [3.05, 3.63) is 60.2 Å². The maximum atomic E-state index is 7.81. The minimum atomic E-state index is -0.125. The van der Waals surface area contributed by atoms with Crippen LogP contribution in [0, 0.1) is 11.3 Å². The Morgan fingerprint density at radius 1 is 1.13 bits per heavy atom. The van der Waals surface area contributed by atoms with Crippen LogP contribution in [-0.2, 0) is 0 Å². The number of hydrogen-bond acceptors (Lipinski definition) is 2. The summed E-state index contributed by atoms with van der Waals surface area (Å²) in [5, 5.41) is 7.81. The summed E-state index contributed by atoms with van der Waals surface area (Å²) < 4.78 is 0. The molecular formula is C13H14N2. The Hall–Kier alpha value is -1.67. The monoisotopic (exact) mass is 198 g/mol. The minimum Gasteiger partial charge on any atom is -0.323 e. The average molecular weight is 198 g/mol. The van der Waals surface area contributed by atoms with Gasteiger partial charge in [-0.25, -0.2) is 0 Å². The first-order valence-electron chi connectivity index (χ1n) is 5.03. The quantitative estimate of drug-likeness (QED) is 0.753. The molecule has 0 bridgehead atoms. The summed E-state index contributed by atoms with van der Waals surface area (Å²) in [4.78, 5) is 0. The lowest BCUT2D eigenvalue weighted by molar-refractivity contribution is 0.645. The minimum absolute atomic E-state index is 0.00241. The van der Waals surface area contributed by atoms with E-state index < -0.39 is 0 Å².